The molecule has 1 aliphatic heterocycles. The van der Waals surface area contributed by atoms with Crippen molar-refractivity contribution in [3.63, 3.8) is 0 Å². The summed E-state index contributed by atoms with van der Waals surface area (Å²) in [6.45, 7) is 2.96. The van der Waals surface area contributed by atoms with Gasteiger partial charge in [-0.05, 0) is 18.2 Å². The molecular formula is C18H18ClFN2O5. The van der Waals surface area contributed by atoms with Gasteiger partial charge in [-0.3, -0.25) is 14.5 Å². The Kier molecular flexibility index (Phi) is 6.44. The van der Waals surface area contributed by atoms with Crippen LogP contribution in [0.2, 0.25) is 5.02 Å². The van der Waals surface area contributed by atoms with Gasteiger partial charge in [0.25, 0.3) is 5.91 Å². The van der Waals surface area contributed by atoms with Crippen molar-refractivity contribution in [3.05, 3.63) is 57.4 Å². The summed E-state index contributed by atoms with van der Waals surface area (Å²) in [6.07, 6.45) is 1.19. The topological polar surface area (TPSA) is 81.0 Å². The molecule has 1 aliphatic rings. The first kappa shape index (κ1) is 19.3. The molecule has 3 rings (SSSR count). The number of nitrogens with one attached hydrogen (secondary N) is 1. The Bertz CT molecular complexity index is 867. The number of hydrogen-bond acceptors (Lipinski definition) is 6. The van der Waals surface area contributed by atoms with Crippen LogP contribution in [0.25, 0.3) is 0 Å². The molecule has 0 radical (unpaired) electrons. The molecule has 0 spiro atoms. The van der Waals surface area contributed by atoms with E-state index in [0.29, 0.717) is 31.2 Å². The van der Waals surface area contributed by atoms with Crippen molar-refractivity contribution in [1.29, 1.82) is 0 Å². The summed E-state index contributed by atoms with van der Waals surface area (Å²) < 4.78 is 29.0. The fourth-order valence-electron chi connectivity index (χ4n) is 2.52. The number of halogens is 2. The maximum absolute atomic E-state index is 13.1. The molecule has 2 heterocycles. The number of anilines is 1. The standard InChI is InChI=1S/C18H18ClFN2O5/c19-14-7-12(1-2-15(14)20)21-18(24)11-27-17-10-26-13(8-16(17)23)9-22-3-5-25-6-4-22/h1-2,7-8,10H,3-6,9,11H2,(H,21,24). The van der Waals surface area contributed by atoms with Gasteiger partial charge < -0.3 is 19.2 Å². The lowest BCUT2D eigenvalue weighted by Gasteiger charge is -2.25. The molecular weight excluding hydrogens is 379 g/mol. The van der Waals surface area contributed by atoms with Crippen molar-refractivity contribution in [2.75, 3.05) is 38.2 Å². The number of carbonyl (C=O) groups excluding carboxylic acids is 1. The third-order valence-electron chi connectivity index (χ3n) is 3.90. The van der Waals surface area contributed by atoms with Crippen molar-refractivity contribution < 1.29 is 23.1 Å². The lowest BCUT2D eigenvalue weighted by atomic mass is 10.3. The van der Waals surface area contributed by atoms with Crippen molar-refractivity contribution in [1.82, 2.24) is 4.90 Å². The van der Waals surface area contributed by atoms with E-state index in [1.165, 1.54) is 24.5 Å². The van der Waals surface area contributed by atoms with Crippen LogP contribution in [0.5, 0.6) is 5.75 Å². The van der Waals surface area contributed by atoms with E-state index in [0.717, 1.165) is 19.2 Å². The Labute approximate surface area is 159 Å². The smallest absolute Gasteiger partial charge is 0.262 e. The SMILES string of the molecule is O=C(COc1coc(CN2CCOCC2)cc1=O)Nc1ccc(F)c(Cl)c1. The number of hydrogen-bond donors (Lipinski definition) is 1. The normalized spacial score (nSPS) is 14.7. The highest BCUT2D eigenvalue weighted by Gasteiger charge is 2.14. The molecule has 2 aromatic rings. The fraction of sp³-hybridized carbons (Fsp3) is 0.333. The zero-order valence-corrected chi connectivity index (χ0v) is 15.1. The summed E-state index contributed by atoms with van der Waals surface area (Å²) in [5, 5.41) is 2.39. The fourth-order valence-corrected chi connectivity index (χ4v) is 2.70. The predicted molar refractivity (Wildman–Crippen MR) is 96.6 cm³/mol. The van der Waals surface area contributed by atoms with Gasteiger partial charge in [0.15, 0.2) is 6.61 Å². The molecule has 0 saturated carbocycles. The maximum Gasteiger partial charge on any atom is 0.262 e. The van der Waals surface area contributed by atoms with Gasteiger partial charge in [0.05, 0.1) is 24.8 Å². The van der Waals surface area contributed by atoms with Crippen LogP contribution in [0, 0.1) is 5.82 Å². The molecule has 7 nitrogen and oxygen atoms in total. The molecule has 1 amide bonds. The highest BCUT2D eigenvalue weighted by molar-refractivity contribution is 6.31. The van der Waals surface area contributed by atoms with Gasteiger partial charge in [-0.2, -0.15) is 0 Å². The van der Waals surface area contributed by atoms with Crippen LogP contribution in [0.15, 0.2) is 39.7 Å². The molecule has 1 aromatic heterocycles. The van der Waals surface area contributed by atoms with Crippen LogP contribution in [-0.4, -0.2) is 43.7 Å². The average Bonchev–Trinajstić information content (AvgIpc) is 2.65. The summed E-state index contributed by atoms with van der Waals surface area (Å²) in [5.41, 5.74) is -0.0509. The second kappa shape index (κ2) is 8.98. The van der Waals surface area contributed by atoms with Gasteiger partial charge in [-0.25, -0.2) is 4.39 Å². The van der Waals surface area contributed by atoms with Crippen LogP contribution in [-0.2, 0) is 16.1 Å². The molecule has 1 aromatic carbocycles. The van der Waals surface area contributed by atoms with E-state index in [9.17, 15) is 14.0 Å². The summed E-state index contributed by atoms with van der Waals surface area (Å²) in [4.78, 5) is 26.1. The first-order valence-electron chi connectivity index (χ1n) is 8.31. The largest absolute Gasteiger partial charge is 0.477 e. The number of amides is 1. The summed E-state index contributed by atoms with van der Waals surface area (Å²) in [7, 11) is 0. The van der Waals surface area contributed by atoms with E-state index in [-0.39, 0.29) is 16.2 Å². The van der Waals surface area contributed by atoms with Gasteiger partial charge >= 0.3 is 0 Å². The lowest BCUT2D eigenvalue weighted by Crippen LogP contribution is -2.35. The minimum Gasteiger partial charge on any atom is -0.477 e. The quantitative estimate of drug-likeness (QED) is 0.806. The summed E-state index contributed by atoms with van der Waals surface area (Å²) >= 11 is 5.65. The summed E-state index contributed by atoms with van der Waals surface area (Å²) in [5.74, 6) is -0.650. The van der Waals surface area contributed by atoms with Crippen LogP contribution < -0.4 is 15.5 Å². The van der Waals surface area contributed by atoms with Gasteiger partial charge in [-0.1, -0.05) is 11.6 Å². The molecule has 144 valence electrons. The minimum atomic E-state index is -0.583. The average molecular weight is 397 g/mol. The number of benzene rings is 1. The third-order valence-corrected chi connectivity index (χ3v) is 4.19. The second-order valence-corrected chi connectivity index (χ2v) is 6.34. The van der Waals surface area contributed by atoms with Crippen molar-refractivity contribution >= 4 is 23.2 Å². The van der Waals surface area contributed by atoms with E-state index in [2.05, 4.69) is 10.2 Å². The van der Waals surface area contributed by atoms with Crippen molar-refractivity contribution in [2.24, 2.45) is 0 Å². The number of nitrogens with zero attached hydrogens (tertiary/aromatic N) is 1. The van der Waals surface area contributed by atoms with E-state index >= 15 is 0 Å². The van der Waals surface area contributed by atoms with Crippen LogP contribution >= 0.6 is 11.6 Å². The molecule has 1 fully saturated rings. The Morgan fingerprint density at radius 2 is 2.07 bits per heavy atom. The number of ether oxygens (including phenoxy) is 2. The minimum absolute atomic E-state index is 0.0620. The molecule has 27 heavy (non-hydrogen) atoms. The Morgan fingerprint density at radius 1 is 1.30 bits per heavy atom. The second-order valence-electron chi connectivity index (χ2n) is 5.93. The zero-order chi connectivity index (χ0) is 19.2. The van der Waals surface area contributed by atoms with Gasteiger partial charge in [0.2, 0.25) is 11.2 Å². The Morgan fingerprint density at radius 3 is 2.78 bits per heavy atom. The van der Waals surface area contributed by atoms with Crippen LogP contribution in [0.4, 0.5) is 10.1 Å². The number of rotatable bonds is 6. The van der Waals surface area contributed by atoms with E-state index in [1.54, 1.807) is 0 Å². The van der Waals surface area contributed by atoms with Gasteiger partial charge in [0, 0.05) is 24.8 Å². The lowest BCUT2D eigenvalue weighted by molar-refractivity contribution is -0.118. The van der Waals surface area contributed by atoms with E-state index in [4.69, 9.17) is 25.5 Å². The highest BCUT2D eigenvalue weighted by Crippen LogP contribution is 2.19. The molecule has 0 atom stereocenters. The molecule has 0 bridgehead atoms. The number of carbonyl (C=O) groups is 1. The number of morpholine rings is 1. The van der Waals surface area contributed by atoms with E-state index in [1.807, 2.05) is 0 Å². The first-order valence-corrected chi connectivity index (χ1v) is 8.68. The Balaban J connectivity index is 1.53. The molecule has 1 saturated heterocycles. The molecule has 9 heteroatoms. The zero-order valence-electron chi connectivity index (χ0n) is 14.4. The van der Waals surface area contributed by atoms with Crippen molar-refractivity contribution in [2.45, 2.75) is 6.54 Å². The maximum atomic E-state index is 13.1. The summed E-state index contributed by atoms with van der Waals surface area (Å²) in [6, 6.07) is 5.14. The molecule has 1 N–H and O–H groups in total. The highest BCUT2D eigenvalue weighted by atomic mass is 35.5. The van der Waals surface area contributed by atoms with Gasteiger partial charge in [-0.15, -0.1) is 0 Å². The first-order chi connectivity index (χ1) is 13.0. The predicted octanol–water partition coefficient (Wildman–Crippen LogP) is 2.28. The van der Waals surface area contributed by atoms with Crippen LogP contribution in [0.3, 0.4) is 0 Å². The van der Waals surface area contributed by atoms with Crippen molar-refractivity contribution in [3.8, 4) is 5.75 Å². The van der Waals surface area contributed by atoms with Crippen LogP contribution in [0.1, 0.15) is 5.76 Å². The van der Waals surface area contributed by atoms with Gasteiger partial charge in [0.1, 0.15) is 17.8 Å². The third kappa shape index (κ3) is 5.53. The van der Waals surface area contributed by atoms with E-state index < -0.39 is 18.3 Å². The Hall–Kier alpha value is -2.42. The molecule has 0 aliphatic carbocycles. The molecule has 0 unspecified atom stereocenters. The monoisotopic (exact) mass is 396 g/mol.